The molecule has 31 heavy (non-hydrogen) atoms. The SMILES string of the molecule is CCCN1CCn2nc3c(c2C(=O)N1C)CN(C(=O)Nc1ccc(F)c(C#N)c1)CC3. The monoisotopic (exact) mass is 425 g/mol. The van der Waals surface area contributed by atoms with Crippen LogP contribution in [0.1, 0.15) is 40.7 Å². The molecular weight excluding hydrogens is 401 g/mol. The second kappa shape index (κ2) is 8.35. The van der Waals surface area contributed by atoms with Gasteiger partial charge in [-0.3, -0.25) is 14.5 Å². The summed E-state index contributed by atoms with van der Waals surface area (Å²) in [5.41, 5.74) is 2.36. The first kappa shape index (κ1) is 20.8. The zero-order valence-electron chi connectivity index (χ0n) is 17.6. The Bertz CT molecular complexity index is 1070. The maximum absolute atomic E-state index is 13.5. The number of fused-ring (bicyclic) bond motifs is 3. The van der Waals surface area contributed by atoms with Crippen LogP contribution in [0.4, 0.5) is 14.9 Å². The van der Waals surface area contributed by atoms with Crippen molar-refractivity contribution in [2.45, 2.75) is 32.9 Å². The van der Waals surface area contributed by atoms with Gasteiger partial charge in [0.25, 0.3) is 5.91 Å². The van der Waals surface area contributed by atoms with E-state index in [0.29, 0.717) is 37.4 Å². The number of nitriles is 1. The van der Waals surface area contributed by atoms with Gasteiger partial charge < -0.3 is 10.2 Å². The van der Waals surface area contributed by atoms with Crippen molar-refractivity contribution >= 4 is 17.6 Å². The fourth-order valence-electron chi connectivity index (χ4n) is 4.05. The topological polar surface area (TPSA) is 97.5 Å². The molecular formula is C21H24FN7O2. The number of carbonyl (C=O) groups is 2. The van der Waals surface area contributed by atoms with Gasteiger partial charge in [-0.2, -0.15) is 10.4 Å². The highest BCUT2D eigenvalue weighted by molar-refractivity contribution is 5.95. The maximum atomic E-state index is 13.5. The van der Waals surface area contributed by atoms with Crippen LogP contribution < -0.4 is 5.32 Å². The van der Waals surface area contributed by atoms with E-state index in [0.717, 1.165) is 30.3 Å². The van der Waals surface area contributed by atoms with Gasteiger partial charge in [0.05, 0.1) is 24.3 Å². The number of carbonyl (C=O) groups excluding carboxylic acids is 2. The molecule has 4 rings (SSSR count). The Morgan fingerprint density at radius 3 is 2.87 bits per heavy atom. The molecule has 3 amide bonds. The van der Waals surface area contributed by atoms with Crippen LogP contribution in [0.3, 0.4) is 0 Å². The molecule has 162 valence electrons. The Kier molecular flexibility index (Phi) is 5.61. The second-order valence-corrected chi connectivity index (χ2v) is 7.69. The lowest BCUT2D eigenvalue weighted by Gasteiger charge is -2.30. The number of nitrogens with one attached hydrogen (secondary N) is 1. The van der Waals surface area contributed by atoms with E-state index in [4.69, 9.17) is 5.26 Å². The summed E-state index contributed by atoms with van der Waals surface area (Å²) in [6.07, 6.45) is 1.48. The molecule has 0 saturated carbocycles. The third kappa shape index (κ3) is 3.84. The lowest BCUT2D eigenvalue weighted by molar-refractivity contribution is 0.00827. The van der Waals surface area contributed by atoms with E-state index in [2.05, 4.69) is 17.3 Å². The number of amides is 3. The molecule has 1 N–H and O–H groups in total. The highest BCUT2D eigenvalue weighted by atomic mass is 19.1. The van der Waals surface area contributed by atoms with Gasteiger partial charge in [-0.15, -0.1) is 0 Å². The van der Waals surface area contributed by atoms with E-state index >= 15 is 0 Å². The number of anilines is 1. The Morgan fingerprint density at radius 2 is 2.13 bits per heavy atom. The Labute approximate surface area is 179 Å². The van der Waals surface area contributed by atoms with Crippen molar-refractivity contribution in [1.82, 2.24) is 24.7 Å². The molecule has 2 aromatic rings. The normalized spacial score (nSPS) is 16.4. The average molecular weight is 425 g/mol. The van der Waals surface area contributed by atoms with Crippen molar-refractivity contribution in [2.24, 2.45) is 0 Å². The molecule has 0 atom stereocenters. The summed E-state index contributed by atoms with van der Waals surface area (Å²) < 4.78 is 15.3. The fraction of sp³-hybridized carbons (Fsp3) is 0.429. The predicted molar refractivity (Wildman–Crippen MR) is 110 cm³/mol. The fourth-order valence-corrected chi connectivity index (χ4v) is 4.05. The summed E-state index contributed by atoms with van der Waals surface area (Å²) in [5.74, 6) is -0.760. The number of nitrogens with zero attached hydrogens (tertiary/aromatic N) is 6. The highest BCUT2D eigenvalue weighted by Crippen LogP contribution is 2.26. The molecule has 0 unspecified atom stereocenters. The van der Waals surface area contributed by atoms with Gasteiger partial charge in [-0.1, -0.05) is 6.92 Å². The van der Waals surface area contributed by atoms with Crippen LogP contribution in [0.15, 0.2) is 18.2 Å². The van der Waals surface area contributed by atoms with Gasteiger partial charge in [0.2, 0.25) is 0 Å². The van der Waals surface area contributed by atoms with Crippen molar-refractivity contribution in [3.8, 4) is 6.07 Å². The van der Waals surface area contributed by atoms with Crippen molar-refractivity contribution in [1.29, 1.82) is 5.26 Å². The molecule has 0 aliphatic carbocycles. The minimum Gasteiger partial charge on any atom is -0.320 e. The number of rotatable bonds is 3. The van der Waals surface area contributed by atoms with Crippen LogP contribution in [0.5, 0.6) is 0 Å². The average Bonchev–Trinajstić information content (AvgIpc) is 3.09. The first-order chi connectivity index (χ1) is 14.9. The molecule has 2 aliphatic rings. The summed E-state index contributed by atoms with van der Waals surface area (Å²) in [6.45, 7) is 4.87. The van der Waals surface area contributed by atoms with Gasteiger partial charge in [-0.05, 0) is 24.6 Å². The Balaban J connectivity index is 1.54. The summed E-state index contributed by atoms with van der Waals surface area (Å²) in [4.78, 5) is 27.6. The van der Waals surface area contributed by atoms with Crippen LogP contribution in [-0.4, -0.2) is 63.3 Å². The zero-order chi connectivity index (χ0) is 22.1. The smallest absolute Gasteiger partial charge is 0.320 e. The zero-order valence-corrected chi connectivity index (χ0v) is 17.6. The Morgan fingerprint density at radius 1 is 1.32 bits per heavy atom. The van der Waals surface area contributed by atoms with E-state index in [9.17, 15) is 14.0 Å². The van der Waals surface area contributed by atoms with Crippen LogP contribution >= 0.6 is 0 Å². The number of hydrazine groups is 1. The van der Waals surface area contributed by atoms with Crippen molar-refractivity contribution in [2.75, 3.05) is 32.0 Å². The lowest BCUT2D eigenvalue weighted by Crippen LogP contribution is -2.44. The van der Waals surface area contributed by atoms with Crippen LogP contribution in [0, 0.1) is 17.1 Å². The molecule has 3 heterocycles. The molecule has 0 fully saturated rings. The van der Waals surface area contributed by atoms with E-state index in [1.54, 1.807) is 27.7 Å². The molecule has 1 aromatic carbocycles. The molecule has 0 spiro atoms. The summed E-state index contributed by atoms with van der Waals surface area (Å²) >= 11 is 0. The van der Waals surface area contributed by atoms with E-state index in [-0.39, 0.29) is 24.0 Å². The summed E-state index contributed by atoms with van der Waals surface area (Å²) in [7, 11) is 1.77. The van der Waals surface area contributed by atoms with Gasteiger partial charge in [-0.25, -0.2) is 14.2 Å². The number of hydrogen-bond acceptors (Lipinski definition) is 5. The van der Waals surface area contributed by atoms with Crippen LogP contribution in [0.25, 0.3) is 0 Å². The molecule has 0 bridgehead atoms. The van der Waals surface area contributed by atoms with E-state index in [1.807, 2.05) is 5.01 Å². The minimum absolute atomic E-state index is 0.126. The van der Waals surface area contributed by atoms with Gasteiger partial charge in [0, 0.05) is 44.4 Å². The lowest BCUT2D eigenvalue weighted by atomic mass is 10.1. The number of halogens is 1. The highest BCUT2D eigenvalue weighted by Gasteiger charge is 2.34. The number of urea groups is 1. The van der Waals surface area contributed by atoms with Gasteiger partial charge in [0.1, 0.15) is 17.6 Å². The van der Waals surface area contributed by atoms with Gasteiger partial charge >= 0.3 is 6.03 Å². The third-order valence-corrected chi connectivity index (χ3v) is 5.70. The first-order valence-electron chi connectivity index (χ1n) is 10.3. The third-order valence-electron chi connectivity index (χ3n) is 5.70. The molecule has 0 saturated heterocycles. The second-order valence-electron chi connectivity index (χ2n) is 7.69. The molecule has 0 radical (unpaired) electrons. The van der Waals surface area contributed by atoms with Crippen LogP contribution in [0.2, 0.25) is 0 Å². The largest absolute Gasteiger partial charge is 0.322 e. The summed E-state index contributed by atoms with van der Waals surface area (Å²) in [5, 5.41) is 20.0. The van der Waals surface area contributed by atoms with Crippen molar-refractivity contribution < 1.29 is 14.0 Å². The number of aromatic nitrogens is 2. The van der Waals surface area contributed by atoms with Crippen molar-refractivity contribution in [3.05, 3.63) is 46.5 Å². The predicted octanol–water partition coefficient (Wildman–Crippen LogP) is 2.20. The molecule has 10 heteroatoms. The number of hydrogen-bond donors (Lipinski definition) is 1. The molecule has 9 nitrogen and oxygen atoms in total. The Hall–Kier alpha value is -3.45. The standard InChI is InChI=1S/C21H24FN7O2/c1-3-7-28-9-10-29-19(20(30)26(28)2)16-13-27(8-6-18(16)25-29)21(31)24-15-4-5-17(22)14(11-15)12-23/h4-5,11H,3,6-10,13H2,1-2H3,(H,24,31). The number of benzene rings is 1. The van der Waals surface area contributed by atoms with E-state index in [1.165, 1.54) is 12.1 Å². The minimum atomic E-state index is -0.634. The molecule has 1 aromatic heterocycles. The van der Waals surface area contributed by atoms with Crippen LogP contribution in [-0.2, 0) is 19.5 Å². The van der Waals surface area contributed by atoms with Gasteiger partial charge in [0.15, 0.2) is 0 Å². The summed E-state index contributed by atoms with van der Waals surface area (Å²) in [6, 6.07) is 5.25. The van der Waals surface area contributed by atoms with E-state index < -0.39 is 5.82 Å². The first-order valence-corrected chi connectivity index (χ1v) is 10.3. The maximum Gasteiger partial charge on any atom is 0.322 e. The molecule has 2 aliphatic heterocycles. The quantitative estimate of drug-likeness (QED) is 0.813. The van der Waals surface area contributed by atoms with Crippen molar-refractivity contribution in [3.63, 3.8) is 0 Å².